The molecule has 0 fully saturated rings. The summed E-state index contributed by atoms with van der Waals surface area (Å²) in [6.45, 7) is 0.867. The highest BCUT2D eigenvalue weighted by Gasteiger charge is 2.00. The minimum atomic E-state index is -0.254. The van der Waals surface area contributed by atoms with E-state index in [9.17, 15) is 4.39 Å². The summed E-state index contributed by atoms with van der Waals surface area (Å²) in [6.07, 6.45) is 0. The number of ether oxygens (including phenoxy) is 2. The summed E-state index contributed by atoms with van der Waals surface area (Å²) in [5, 5.41) is 0. The van der Waals surface area contributed by atoms with E-state index in [1.807, 2.05) is 60.7 Å². The van der Waals surface area contributed by atoms with Crippen LogP contribution < -0.4 is 9.47 Å². The lowest BCUT2D eigenvalue weighted by Crippen LogP contribution is -1.97. The van der Waals surface area contributed by atoms with Gasteiger partial charge in [-0.1, -0.05) is 42.5 Å². The average Bonchev–Trinajstić information content (AvgIpc) is 2.60. The molecule has 3 aromatic rings. The number of benzene rings is 3. The quantitative estimate of drug-likeness (QED) is 0.639. The van der Waals surface area contributed by atoms with Gasteiger partial charge in [-0.3, -0.25) is 0 Å². The Morgan fingerprint density at radius 2 is 1.17 bits per heavy atom. The van der Waals surface area contributed by atoms with Gasteiger partial charge < -0.3 is 9.47 Å². The van der Waals surface area contributed by atoms with Crippen LogP contribution in [-0.4, -0.2) is 0 Å². The van der Waals surface area contributed by atoms with Crippen molar-refractivity contribution in [3.05, 3.63) is 95.8 Å². The predicted molar refractivity (Wildman–Crippen MR) is 87.9 cm³/mol. The van der Waals surface area contributed by atoms with Gasteiger partial charge in [0.05, 0.1) is 0 Å². The SMILES string of the molecule is Fc1cccc(COc2ccc(OCc3ccccc3)cc2)c1. The van der Waals surface area contributed by atoms with Crippen LogP contribution in [0.4, 0.5) is 4.39 Å². The highest BCUT2D eigenvalue weighted by atomic mass is 19.1. The lowest BCUT2D eigenvalue weighted by Gasteiger charge is -2.09. The summed E-state index contributed by atoms with van der Waals surface area (Å²) < 4.78 is 24.5. The Balaban J connectivity index is 1.52. The molecule has 0 amide bonds. The number of hydrogen-bond acceptors (Lipinski definition) is 2. The van der Waals surface area contributed by atoms with Gasteiger partial charge in [0, 0.05) is 0 Å². The summed E-state index contributed by atoms with van der Waals surface area (Å²) in [6, 6.07) is 23.8. The van der Waals surface area contributed by atoms with E-state index in [-0.39, 0.29) is 5.82 Å². The van der Waals surface area contributed by atoms with Crippen molar-refractivity contribution in [2.75, 3.05) is 0 Å². The summed E-state index contributed by atoms with van der Waals surface area (Å²) in [7, 11) is 0. The van der Waals surface area contributed by atoms with Crippen LogP contribution in [0.3, 0.4) is 0 Å². The molecular formula is C20H17FO2. The lowest BCUT2D eigenvalue weighted by atomic mass is 10.2. The van der Waals surface area contributed by atoms with Crippen molar-refractivity contribution >= 4 is 0 Å². The van der Waals surface area contributed by atoms with Crippen LogP contribution in [0, 0.1) is 5.82 Å². The van der Waals surface area contributed by atoms with Crippen LogP contribution in [0.15, 0.2) is 78.9 Å². The van der Waals surface area contributed by atoms with Crippen LogP contribution in [0.2, 0.25) is 0 Å². The summed E-state index contributed by atoms with van der Waals surface area (Å²) >= 11 is 0. The fraction of sp³-hybridized carbons (Fsp3) is 0.100. The van der Waals surface area contributed by atoms with E-state index in [0.29, 0.717) is 13.2 Å². The fourth-order valence-corrected chi connectivity index (χ4v) is 2.17. The smallest absolute Gasteiger partial charge is 0.123 e. The first-order chi connectivity index (χ1) is 11.3. The molecule has 0 radical (unpaired) electrons. The Morgan fingerprint density at radius 1 is 0.609 bits per heavy atom. The lowest BCUT2D eigenvalue weighted by molar-refractivity contribution is 0.297. The molecule has 0 heterocycles. The molecule has 0 aliphatic rings. The first kappa shape index (κ1) is 15.1. The van der Waals surface area contributed by atoms with E-state index in [2.05, 4.69) is 0 Å². The van der Waals surface area contributed by atoms with Gasteiger partial charge in [0.25, 0.3) is 0 Å². The summed E-state index contributed by atoms with van der Waals surface area (Å²) in [5.41, 5.74) is 1.92. The number of hydrogen-bond donors (Lipinski definition) is 0. The van der Waals surface area contributed by atoms with Gasteiger partial charge in [0.15, 0.2) is 0 Å². The van der Waals surface area contributed by atoms with E-state index < -0.39 is 0 Å². The topological polar surface area (TPSA) is 18.5 Å². The van der Waals surface area contributed by atoms with Crippen LogP contribution in [0.1, 0.15) is 11.1 Å². The maximum absolute atomic E-state index is 13.1. The van der Waals surface area contributed by atoms with Crippen LogP contribution in [0.25, 0.3) is 0 Å². The van der Waals surface area contributed by atoms with Crippen molar-refractivity contribution in [3.8, 4) is 11.5 Å². The minimum Gasteiger partial charge on any atom is -0.489 e. The Kier molecular flexibility index (Phi) is 4.89. The molecule has 0 atom stereocenters. The third-order valence-corrected chi connectivity index (χ3v) is 3.37. The third kappa shape index (κ3) is 4.58. The molecule has 0 aromatic heterocycles. The van der Waals surface area contributed by atoms with E-state index in [0.717, 1.165) is 22.6 Å². The maximum atomic E-state index is 13.1. The Labute approximate surface area is 135 Å². The summed E-state index contributed by atoms with van der Waals surface area (Å²) in [4.78, 5) is 0. The van der Waals surface area contributed by atoms with Gasteiger partial charge in [-0.2, -0.15) is 0 Å². The van der Waals surface area contributed by atoms with Crippen molar-refractivity contribution < 1.29 is 13.9 Å². The van der Waals surface area contributed by atoms with Crippen molar-refractivity contribution in [1.29, 1.82) is 0 Å². The van der Waals surface area contributed by atoms with Crippen LogP contribution in [-0.2, 0) is 13.2 Å². The van der Waals surface area contributed by atoms with E-state index in [1.54, 1.807) is 6.07 Å². The van der Waals surface area contributed by atoms with Crippen LogP contribution in [0.5, 0.6) is 11.5 Å². The van der Waals surface area contributed by atoms with Gasteiger partial charge in [0.1, 0.15) is 30.5 Å². The predicted octanol–water partition coefficient (Wildman–Crippen LogP) is 4.98. The molecule has 2 nitrogen and oxygen atoms in total. The van der Waals surface area contributed by atoms with Crippen molar-refractivity contribution in [2.24, 2.45) is 0 Å². The normalized spacial score (nSPS) is 10.3. The first-order valence-electron chi connectivity index (χ1n) is 7.44. The van der Waals surface area contributed by atoms with E-state index in [4.69, 9.17) is 9.47 Å². The molecular weight excluding hydrogens is 291 g/mol. The van der Waals surface area contributed by atoms with Gasteiger partial charge in [-0.15, -0.1) is 0 Å². The van der Waals surface area contributed by atoms with Crippen LogP contribution >= 0.6 is 0 Å². The Morgan fingerprint density at radius 3 is 1.78 bits per heavy atom. The zero-order chi connectivity index (χ0) is 15.9. The second-order valence-corrected chi connectivity index (χ2v) is 5.16. The number of rotatable bonds is 6. The molecule has 0 N–H and O–H groups in total. The molecule has 3 rings (SSSR count). The Bertz CT molecular complexity index is 739. The molecule has 0 aliphatic heterocycles. The highest BCUT2D eigenvalue weighted by Crippen LogP contribution is 2.19. The molecule has 23 heavy (non-hydrogen) atoms. The molecule has 116 valence electrons. The molecule has 3 aromatic carbocycles. The maximum Gasteiger partial charge on any atom is 0.123 e. The highest BCUT2D eigenvalue weighted by molar-refractivity contribution is 5.32. The minimum absolute atomic E-state index is 0.254. The molecule has 3 heteroatoms. The zero-order valence-corrected chi connectivity index (χ0v) is 12.6. The molecule has 0 bridgehead atoms. The molecule has 0 saturated heterocycles. The molecule has 0 aliphatic carbocycles. The largest absolute Gasteiger partial charge is 0.489 e. The van der Waals surface area contributed by atoms with Crippen molar-refractivity contribution in [1.82, 2.24) is 0 Å². The van der Waals surface area contributed by atoms with Gasteiger partial charge >= 0.3 is 0 Å². The Hall–Kier alpha value is -2.81. The van der Waals surface area contributed by atoms with Gasteiger partial charge in [0.2, 0.25) is 0 Å². The zero-order valence-electron chi connectivity index (χ0n) is 12.6. The van der Waals surface area contributed by atoms with Crippen molar-refractivity contribution in [3.63, 3.8) is 0 Å². The van der Waals surface area contributed by atoms with Gasteiger partial charge in [-0.05, 0) is 47.5 Å². The average molecular weight is 308 g/mol. The van der Waals surface area contributed by atoms with E-state index >= 15 is 0 Å². The monoisotopic (exact) mass is 308 g/mol. The van der Waals surface area contributed by atoms with Gasteiger partial charge in [-0.25, -0.2) is 4.39 Å². The first-order valence-corrected chi connectivity index (χ1v) is 7.44. The summed E-state index contributed by atoms with van der Waals surface area (Å²) in [5.74, 6) is 1.25. The second kappa shape index (κ2) is 7.45. The van der Waals surface area contributed by atoms with Crippen molar-refractivity contribution in [2.45, 2.75) is 13.2 Å². The second-order valence-electron chi connectivity index (χ2n) is 5.16. The fourth-order valence-electron chi connectivity index (χ4n) is 2.17. The molecule has 0 saturated carbocycles. The standard InChI is InChI=1S/C20H17FO2/c21-18-8-4-7-17(13-18)15-23-20-11-9-19(10-12-20)22-14-16-5-2-1-3-6-16/h1-13H,14-15H2. The molecule has 0 spiro atoms. The molecule has 0 unspecified atom stereocenters. The van der Waals surface area contributed by atoms with E-state index in [1.165, 1.54) is 12.1 Å². The number of halogens is 1. The third-order valence-electron chi connectivity index (χ3n) is 3.37.